The highest BCUT2D eigenvalue weighted by atomic mass is 32.2. The first-order chi connectivity index (χ1) is 10.3. The van der Waals surface area contributed by atoms with Gasteiger partial charge in [0, 0.05) is 11.8 Å². The maximum atomic E-state index is 5.38. The molecule has 0 spiro atoms. The molecule has 1 atom stereocenters. The summed E-state index contributed by atoms with van der Waals surface area (Å²) in [5.41, 5.74) is 1.24. The maximum Gasteiger partial charge on any atom is 0.156 e. The lowest BCUT2D eigenvalue weighted by Crippen LogP contribution is -2.23. The van der Waals surface area contributed by atoms with E-state index in [4.69, 9.17) is 4.74 Å². The molecular weight excluding hydrogens is 280 g/mol. The van der Waals surface area contributed by atoms with Crippen molar-refractivity contribution in [2.75, 3.05) is 20.2 Å². The zero-order valence-electron chi connectivity index (χ0n) is 13.3. The SMILES string of the molecule is CCC(CC)C1CN=C(NCCc2ccccc2OC)S1. The van der Waals surface area contributed by atoms with E-state index in [-0.39, 0.29) is 0 Å². The first-order valence-electron chi connectivity index (χ1n) is 7.85. The molecule has 1 aliphatic heterocycles. The van der Waals surface area contributed by atoms with Crippen LogP contribution in [0.15, 0.2) is 29.3 Å². The lowest BCUT2D eigenvalue weighted by atomic mass is 9.99. The number of benzene rings is 1. The van der Waals surface area contributed by atoms with Gasteiger partial charge >= 0.3 is 0 Å². The number of amidine groups is 1. The van der Waals surface area contributed by atoms with Crippen LogP contribution in [0.2, 0.25) is 0 Å². The highest BCUT2D eigenvalue weighted by Crippen LogP contribution is 2.30. The first-order valence-corrected chi connectivity index (χ1v) is 8.73. The number of nitrogens with one attached hydrogen (secondary N) is 1. The van der Waals surface area contributed by atoms with E-state index in [1.807, 2.05) is 23.9 Å². The van der Waals surface area contributed by atoms with Gasteiger partial charge in [-0.1, -0.05) is 56.7 Å². The van der Waals surface area contributed by atoms with Crippen molar-refractivity contribution in [3.05, 3.63) is 29.8 Å². The molecule has 4 heteroatoms. The molecule has 21 heavy (non-hydrogen) atoms. The third-order valence-corrected chi connectivity index (χ3v) is 5.45. The van der Waals surface area contributed by atoms with Crippen molar-refractivity contribution in [1.82, 2.24) is 5.32 Å². The molecule has 0 bridgehead atoms. The van der Waals surface area contributed by atoms with Gasteiger partial charge in [-0.3, -0.25) is 4.99 Å². The molecule has 116 valence electrons. The van der Waals surface area contributed by atoms with Crippen LogP contribution < -0.4 is 10.1 Å². The Morgan fingerprint density at radius 1 is 1.33 bits per heavy atom. The summed E-state index contributed by atoms with van der Waals surface area (Å²) in [6.07, 6.45) is 3.45. The number of hydrogen-bond acceptors (Lipinski definition) is 4. The molecule has 0 fully saturated rings. The number of hydrogen-bond donors (Lipinski definition) is 1. The van der Waals surface area contributed by atoms with Gasteiger partial charge < -0.3 is 10.1 Å². The van der Waals surface area contributed by atoms with Crippen molar-refractivity contribution >= 4 is 16.9 Å². The summed E-state index contributed by atoms with van der Waals surface area (Å²) in [5.74, 6) is 1.75. The van der Waals surface area contributed by atoms with Gasteiger partial charge in [0.05, 0.1) is 13.7 Å². The molecule has 1 N–H and O–H groups in total. The highest BCUT2D eigenvalue weighted by Gasteiger charge is 2.25. The van der Waals surface area contributed by atoms with Crippen molar-refractivity contribution < 1.29 is 4.74 Å². The zero-order valence-corrected chi connectivity index (χ0v) is 14.1. The highest BCUT2D eigenvalue weighted by molar-refractivity contribution is 8.14. The van der Waals surface area contributed by atoms with Gasteiger partial charge in [-0.05, 0) is 24.0 Å². The average Bonchev–Trinajstić information content (AvgIpc) is 2.98. The summed E-state index contributed by atoms with van der Waals surface area (Å²) in [6.45, 7) is 6.43. The van der Waals surface area contributed by atoms with Gasteiger partial charge in [0.2, 0.25) is 0 Å². The van der Waals surface area contributed by atoms with Crippen molar-refractivity contribution in [3.8, 4) is 5.75 Å². The lowest BCUT2D eigenvalue weighted by Gasteiger charge is -2.18. The van der Waals surface area contributed by atoms with E-state index in [0.29, 0.717) is 5.25 Å². The fourth-order valence-electron chi connectivity index (χ4n) is 2.76. The van der Waals surface area contributed by atoms with E-state index in [9.17, 15) is 0 Å². The molecule has 0 aromatic heterocycles. The number of rotatable bonds is 7. The molecule has 1 aliphatic rings. The summed E-state index contributed by atoms with van der Waals surface area (Å²) >= 11 is 1.92. The third-order valence-electron chi connectivity index (χ3n) is 4.12. The summed E-state index contributed by atoms with van der Waals surface area (Å²) < 4.78 is 5.38. The Hall–Kier alpha value is -1.16. The van der Waals surface area contributed by atoms with E-state index in [0.717, 1.165) is 36.3 Å². The fraction of sp³-hybridized carbons (Fsp3) is 0.588. The van der Waals surface area contributed by atoms with Gasteiger partial charge in [0.1, 0.15) is 5.75 Å². The molecule has 0 saturated heterocycles. The van der Waals surface area contributed by atoms with Crippen LogP contribution in [0.4, 0.5) is 0 Å². The predicted molar refractivity (Wildman–Crippen MR) is 92.5 cm³/mol. The molecule has 1 aromatic rings. The molecule has 0 saturated carbocycles. The Morgan fingerprint density at radius 3 is 2.81 bits per heavy atom. The van der Waals surface area contributed by atoms with Gasteiger partial charge in [0.25, 0.3) is 0 Å². The quantitative estimate of drug-likeness (QED) is 0.833. The van der Waals surface area contributed by atoms with Gasteiger partial charge in [0.15, 0.2) is 5.17 Å². The van der Waals surface area contributed by atoms with Crippen molar-refractivity contribution in [1.29, 1.82) is 0 Å². The number of ether oxygens (including phenoxy) is 1. The largest absolute Gasteiger partial charge is 0.496 e. The van der Waals surface area contributed by atoms with Crippen LogP contribution in [-0.4, -0.2) is 30.6 Å². The molecule has 1 aromatic carbocycles. The molecule has 3 nitrogen and oxygen atoms in total. The van der Waals surface area contributed by atoms with Crippen LogP contribution in [0.3, 0.4) is 0 Å². The van der Waals surface area contributed by atoms with Crippen LogP contribution in [0, 0.1) is 5.92 Å². The minimum Gasteiger partial charge on any atom is -0.496 e. The minimum absolute atomic E-state index is 0.661. The topological polar surface area (TPSA) is 33.6 Å². The maximum absolute atomic E-state index is 5.38. The lowest BCUT2D eigenvalue weighted by molar-refractivity contribution is 0.409. The standard InChI is InChI=1S/C17H26N2OS/c1-4-13(5-2)16-12-19-17(21-16)18-11-10-14-8-6-7-9-15(14)20-3/h6-9,13,16H,4-5,10-12H2,1-3H3,(H,18,19). The van der Waals surface area contributed by atoms with Crippen LogP contribution in [0.1, 0.15) is 32.3 Å². The molecule has 1 heterocycles. The van der Waals surface area contributed by atoms with Gasteiger partial charge in [-0.15, -0.1) is 0 Å². The Bertz CT molecular complexity index is 472. The molecule has 0 amide bonds. The molecule has 1 unspecified atom stereocenters. The van der Waals surface area contributed by atoms with E-state index in [1.165, 1.54) is 18.4 Å². The van der Waals surface area contributed by atoms with E-state index in [2.05, 4.69) is 36.3 Å². The van der Waals surface area contributed by atoms with Crippen molar-refractivity contribution in [2.24, 2.45) is 10.9 Å². The molecule has 0 aliphatic carbocycles. The summed E-state index contributed by atoms with van der Waals surface area (Å²) in [7, 11) is 1.73. The van der Waals surface area contributed by atoms with Crippen LogP contribution >= 0.6 is 11.8 Å². The molecule has 2 rings (SSSR count). The first kappa shape index (κ1) is 16.2. The summed E-state index contributed by atoms with van der Waals surface area (Å²) in [5, 5.41) is 5.25. The molecular formula is C17H26N2OS. The average molecular weight is 306 g/mol. The number of thioether (sulfide) groups is 1. The van der Waals surface area contributed by atoms with Crippen molar-refractivity contribution in [2.45, 2.75) is 38.4 Å². The molecule has 0 radical (unpaired) electrons. The Balaban J connectivity index is 1.77. The van der Waals surface area contributed by atoms with Crippen molar-refractivity contribution in [3.63, 3.8) is 0 Å². The zero-order chi connectivity index (χ0) is 15.1. The summed E-state index contributed by atoms with van der Waals surface area (Å²) in [4.78, 5) is 4.64. The summed E-state index contributed by atoms with van der Waals surface area (Å²) in [6, 6.07) is 8.20. The smallest absolute Gasteiger partial charge is 0.156 e. The van der Waals surface area contributed by atoms with Crippen LogP contribution in [0.5, 0.6) is 5.75 Å². The third kappa shape index (κ3) is 4.40. The van der Waals surface area contributed by atoms with E-state index >= 15 is 0 Å². The second-order valence-electron chi connectivity index (χ2n) is 5.37. The van der Waals surface area contributed by atoms with Gasteiger partial charge in [-0.2, -0.15) is 0 Å². The normalized spacial score (nSPS) is 17.9. The second kappa shape index (κ2) is 8.32. The van der Waals surface area contributed by atoms with E-state index < -0.39 is 0 Å². The van der Waals surface area contributed by atoms with Crippen LogP contribution in [0.25, 0.3) is 0 Å². The number of nitrogens with zero attached hydrogens (tertiary/aromatic N) is 1. The van der Waals surface area contributed by atoms with E-state index in [1.54, 1.807) is 7.11 Å². The Labute approximate surface area is 132 Å². The van der Waals surface area contributed by atoms with Gasteiger partial charge in [-0.25, -0.2) is 0 Å². The monoisotopic (exact) mass is 306 g/mol. The second-order valence-corrected chi connectivity index (χ2v) is 6.60. The Morgan fingerprint density at radius 2 is 2.10 bits per heavy atom. The number of methoxy groups -OCH3 is 1. The minimum atomic E-state index is 0.661. The van der Waals surface area contributed by atoms with Crippen LogP contribution in [-0.2, 0) is 6.42 Å². The Kier molecular flexibility index (Phi) is 6.43. The fourth-order valence-corrected chi connectivity index (χ4v) is 4.11. The number of para-hydroxylation sites is 1. The predicted octanol–water partition coefficient (Wildman–Crippen LogP) is 3.73. The number of aliphatic imine (C=N–C) groups is 1.